The average Bonchev–Trinajstić information content (AvgIpc) is 2.57. The lowest BCUT2D eigenvalue weighted by molar-refractivity contribution is -0.123. The van der Waals surface area contributed by atoms with E-state index in [9.17, 15) is 14.9 Å². The molecule has 2 aromatic rings. The Balaban J connectivity index is 2.29. The molecule has 0 aromatic heterocycles. The van der Waals surface area contributed by atoms with Gasteiger partial charge in [0.2, 0.25) is 5.91 Å². The minimum Gasteiger partial charge on any atom is -0.399 e. The van der Waals surface area contributed by atoms with Gasteiger partial charge in [-0.05, 0) is 42.5 Å². The molecule has 6 nitrogen and oxygen atoms in total. The maximum absolute atomic E-state index is 12.6. The summed E-state index contributed by atoms with van der Waals surface area (Å²) in [6.07, 6.45) is 1.28. The Kier molecular flexibility index (Phi) is 5.93. The predicted molar refractivity (Wildman–Crippen MR) is 100 cm³/mol. The van der Waals surface area contributed by atoms with E-state index in [-0.39, 0.29) is 5.57 Å². The van der Waals surface area contributed by atoms with Gasteiger partial charge in [0.1, 0.15) is 11.6 Å². The second-order valence-electron chi connectivity index (χ2n) is 5.08. The van der Waals surface area contributed by atoms with E-state index in [1.54, 1.807) is 36.4 Å². The topological polar surface area (TPSA) is 99.2 Å². The van der Waals surface area contributed by atoms with Crippen LogP contribution in [0.5, 0.6) is 0 Å². The normalized spacial score (nSPS) is 10.7. The van der Waals surface area contributed by atoms with Crippen molar-refractivity contribution in [1.82, 2.24) is 0 Å². The van der Waals surface area contributed by atoms with Crippen LogP contribution in [0.1, 0.15) is 6.92 Å². The molecule has 7 heteroatoms. The summed E-state index contributed by atoms with van der Waals surface area (Å²) in [7, 11) is 0. The average molecular weight is 399 g/mol. The molecule has 0 radical (unpaired) electrons. The molecule has 3 N–H and O–H groups in total. The molecule has 25 heavy (non-hydrogen) atoms. The van der Waals surface area contributed by atoms with Crippen molar-refractivity contribution in [3.05, 3.63) is 64.8 Å². The van der Waals surface area contributed by atoms with Crippen LogP contribution in [0.4, 0.5) is 17.1 Å². The lowest BCUT2D eigenvalue weighted by Gasteiger charge is -2.19. The van der Waals surface area contributed by atoms with E-state index < -0.39 is 11.8 Å². The SMILES string of the molecule is CC(=O)N(C(=O)/C(C#N)=C\Nc1cccc(Br)c1)c1ccc(N)cc1. The molecule has 2 aromatic carbocycles. The van der Waals surface area contributed by atoms with Gasteiger partial charge in [0, 0.05) is 29.0 Å². The van der Waals surface area contributed by atoms with Crippen molar-refractivity contribution >= 4 is 44.8 Å². The third kappa shape index (κ3) is 4.68. The van der Waals surface area contributed by atoms with Crippen molar-refractivity contribution in [3.63, 3.8) is 0 Å². The highest BCUT2D eigenvalue weighted by Crippen LogP contribution is 2.20. The number of nitrogen functional groups attached to an aromatic ring is 1. The van der Waals surface area contributed by atoms with E-state index in [0.717, 1.165) is 9.37 Å². The Labute approximate surface area is 153 Å². The molecule has 0 saturated carbocycles. The molecule has 0 spiro atoms. The Morgan fingerprint density at radius 1 is 1.24 bits per heavy atom. The number of rotatable bonds is 4. The maximum atomic E-state index is 12.6. The van der Waals surface area contributed by atoms with Crippen molar-refractivity contribution in [1.29, 1.82) is 5.26 Å². The van der Waals surface area contributed by atoms with Gasteiger partial charge in [0.15, 0.2) is 0 Å². The largest absolute Gasteiger partial charge is 0.399 e. The van der Waals surface area contributed by atoms with E-state index in [0.29, 0.717) is 17.1 Å². The second-order valence-corrected chi connectivity index (χ2v) is 5.99. The summed E-state index contributed by atoms with van der Waals surface area (Å²) in [5.74, 6) is -1.22. The van der Waals surface area contributed by atoms with Gasteiger partial charge in [-0.3, -0.25) is 9.59 Å². The van der Waals surface area contributed by atoms with E-state index in [4.69, 9.17) is 5.73 Å². The zero-order valence-corrected chi connectivity index (χ0v) is 14.9. The lowest BCUT2D eigenvalue weighted by Crippen LogP contribution is -2.36. The Hall–Kier alpha value is -3.11. The molecule has 0 aliphatic rings. The molecule has 0 heterocycles. The van der Waals surface area contributed by atoms with Crippen LogP contribution in [0.2, 0.25) is 0 Å². The summed E-state index contributed by atoms with van der Waals surface area (Å²) in [5, 5.41) is 12.2. The van der Waals surface area contributed by atoms with Gasteiger partial charge in [0.05, 0.1) is 5.69 Å². The van der Waals surface area contributed by atoms with Gasteiger partial charge >= 0.3 is 0 Å². The third-order valence-electron chi connectivity index (χ3n) is 3.23. The number of nitrogens with two attached hydrogens (primary N) is 1. The summed E-state index contributed by atoms with van der Waals surface area (Å²) in [5.41, 5.74) is 6.96. The number of carbonyl (C=O) groups excluding carboxylic acids is 2. The van der Waals surface area contributed by atoms with Crippen LogP contribution in [0.3, 0.4) is 0 Å². The second kappa shape index (κ2) is 8.13. The standard InChI is InChI=1S/C18H15BrN4O2/c1-12(24)23(17-7-5-15(21)6-8-17)18(25)13(10-20)11-22-16-4-2-3-14(19)9-16/h2-9,11,22H,21H2,1H3/b13-11-. The molecular weight excluding hydrogens is 384 g/mol. The molecule has 2 rings (SSSR count). The molecule has 0 aliphatic heterocycles. The first kappa shape index (κ1) is 18.2. The monoisotopic (exact) mass is 398 g/mol. The number of halogens is 1. The molecule has 0 fully saturated rings. The zero-order chi connectivity index (χ0) is 18.4. The highest BCUT2D eigenvalue weighted by Gasteiger charge is 2.23. The molecule has 0 saturated heterocycles. The van der Waals surface area contributed by atoms with Crippen LogP contribution in [-0.4, -0.2) is 11.8 Å². The van der Waals surface area contributed by atoms with Gasteiger partial charge in [-0.25, -0.2) is 4.90 Å². The predicted octanol–water partition coefficient (Wildman–Crippen LogP) is 3.43. The Morgan fingerprint density at radius 2 is 1.92 bits per heavy atom. The van der Waals surface area contributed by atoms with Crippen LogP contribution in [-0.2, 0) is 9.59 Å². The molecule has 2 amide bonds. The molecule has 126 valence electrons. The number of hydrogen-bond acceptors (Lipinski definition) is 5. The van der Waals surface area contributed by atoms with E-state index >= 15 is 0 Å². The number of nitrogens with one attached hydrogen (secondary N) is 1. The van der Waals surface area contributed by atoms with Crippen molar-refractivity contribution in [2.45, 2.75) is 6.92 Å². The van der Waals surface area contributed by atoms with E-state index in [2.05, 4.69) is 21.2 Å². The number of nitrogens with zero attached hydrogens (tertiary/aromatic N) is 2. The zero-order valence-electron chi connectivity index (χ0n) is 13.4. The lowest BCUT2D eigenvalue weighted by atomic mass is 10.2. The number of imide groups is 1. The molecule has 0 unspecified atom stereocenters. The smallest absolute Gasteiger partial charge is 0.277 e. The van der Waals surface area contributed by atoms with Crippen molar-refractivity contribution in [3.8, 4) is 6.07 Å². The first-order valence-corrected chi connectivity index (χ1v) is 8.04. The van der Waals surface area contributed by atoms with Crippen molar-refractivity contribution < 1.29 is 9.59 Å². The van der Waals surface area contributed by atoms with Gasteiger partial charge in [-0.15, -0.1) is 0 Å². The fourth-order valence-electron chi connectivity index (χ4n) is 2.06. The summed E-state index contributed by atoms with van der Waals surface area (Å²) < 4.78 is 0.850. The number of anilines is 3. The number of carbonyl (C=O) groups is 2. The summed E-state index contributed by atoms with van der Waals surface area (Å²) >= 11 is 3.34. The van der Waals surface area contributed by atoms with Crippen molar-refractivity contribution in [2.24, 2.45) is 0 Å². The van der Waals surface area contributed by atoms with Crippen LogP contribution < -0.4 is 16.0 Å². The van der Waals surface area contributed by atoms with Gasteiger partial charge in [-0.1, -0.05) is 22.0 Å². The molecular formula is C18H15BrN4O2. The Bertz CT molecular complexity index is 869. The number of nitriles is 1. The first-order chi connectivity index (χ1) is 11.9. The highest BCUT2D eigenvalue weighted by molar-refractivity contribution is 9.10. The highest BCUT2D eigenvalue weighted by atomic mass is 79.9. The first-order valence-electron chi connectivity index (χ1n) is 7.25. The minimum absolute atomic E-state index is 0.202. The summed E-state index contributed by atoms with van der Waals surface area (Å²) in [6, 6.07) is 15.3. The third-order valence-corrected chi connectivity index (χ3v) is 3.72. The van der Waals surface area contributed by atoms with Crippen molar-refractivity contribution in [2.75, 3.05) is 16.0 Å². The number of benzene rings is 2. The molecule has 0 bridgehead atoms. The Morgan fingerprint density at radius 3 is 2.48 bits per heavy atom. The van der Waals surface area contributed by atoms with Gasteiger partial charge in [0.25, 0.3) is 5.91 Å². The minimum atomic E-state index is -0.720. The molecule has 0 aliphatic carbocycles. The number of hydrogen-bond donors (Lipinski definition) is 2. The van der Waals surface area contributed by atoms with Gasteiger partial charge < -0.3 is 11.1 Å². The van der Waals surface area contributed by atoms with E-state index in [1.165, 1.54) is 13.1 Å². The summed E-state index contributed by atoms with van der Waals surface area (Å²) in [4.78, 5) is 25.5. The molecule has 0 atom stereocenters. The van der Waals surface area contributed by atoms with Crippen LogP contribution in [0, 0.1) is 11.3 Å². The van der Waals surface area contributed by atoms with Gasteiger partial charge in [-0.2, -0.15) is 5.26 Å². The fraction of sp³-hybridized carbons (Fsp3) is 0.0556. The van der Waals surface area contributed by atoms with Crippen LogP contribution >= 0.6 is 15.9 Å². The number of amides is 2. The van der Waals surface area contributed by atoms with Crippen LogP contribution in [0.25, 0.3) is 0 Å². The quantitative estimate of drug-likeness (QED) is 0.466. The maximum Gasteiger partial charge on any atom is 0.277 e. The van der Waals surface area contributed by atoms with Crippen LogP contribution in [0.15, 0.2) is 64.8 Å². The van der Waals surface area contributed by atoms with E-state index in [1.807, 2.05) is 18.2 Å². The fourth-order valence-corrected chi connectivity index (χ4v) is 2.46. The summed E-state index contributed by atoms with van der Waals surface area (Å²) in [6.45, 7) is 1.25.